The second-order valence-electron chi connectivity index (χ2n) is 5.28. The van der Waals surface area contributed by atoms with Gasteiger partial charge >= 0.3 is 5.97 Å². The van der Waals surface area contributed by atoms with E-state index >= 15 is 0 Å². The van der Waals surface area contributed by atoms with Crippen molar-refractivity contribution in [3.05, 3.63) is 29.3 Å². The molecule has 2 rings (SSSR count). The summed E-state index contributed by atoms with van der Waals surface area (Å²) < 4.78 is 0. The highest BCUT2D eigenvalue weighted by Crippen LogP contribution is 2.26. The van der Waals surface area contributed by atoms with Gasteiger partial charge in [-0.15, -0.1) is 0 Å². The zero-order valence-electron chi connectivity index (χ0n) is 11.1. The average Bonchev–Trinajstić information content (AvgIpc) is 2.79. The molecule has 1 atom stereocenters. The number of nitrogens with one attached hydrogen (secondary N) is 2. The molecule has 1 aromatic rings. The van der Waals surface area contributed by atoms with Crippen molar-refractivity contribution in [2.45, 2.75) is 20.3 Å². The quantitative estimate of drug-likeness (QED) is 0.773. The van der Waals surface area contributed by atoms with Crippen molar-refractivity contribution in [3.8, 4) is 0 Å². The Kier molecular flexibility index (Phi) is 3.57. The highest BCUT2D eigenvalue weighted by atomic mass is 16.4. The molecule has 1 aromatic carbocycles. The maximum Gasteiger partial charge on any atom is 0.336 e. The first kappa shape index (κ1) is 13.5. The van der Waals surface area contributed by atoms with Crippen molar-refractivity contribution in [3.63, 3.8) is 0 Å². The summed E-state index contributed by atoms with van der Waals surface area (Å²) in [4.78, 5) is 23.3. The second kappa shape index (κ2) is 5.01. The van der Waals surface area contributed by atoms with Crippen molar-refractivity contribution in [1.29, 1.82) is 0 Å². The summed E-state index contributed by atoms with van der Waals surface area (Å²) in [5, 5.41) is 15.0. The summed E-state index contributed by atoms with van der Waals surface area (Å²) in [5.41, 5.74) is 1.00. The molecule has 0 aliphatic carbocycles. The first-order valence-electron chi connectivity index (χ1n) is 6.28. The Labute approximate surface area is 112 Å². The number of aromatic carboxylic acids is 1. The Morgan fingerprint density at radius 1 is 1.42 bits per heavy atom. The van der Waals surface area contributed by atoms with E-state index in [4.69, 9.17) is 5.11 Å². The molecule has 1 unspecified atom stereocenters. The lowest BCUT2D eigenvalue weighted by atomic mass is 9.88. The summed E-state index contributed by atoms with van der Waals surface area (Å²) in [6.07, 6.45) is 0.788. The van der Waals surface area contributed by atoms with E-state index in [1.165, 1.54) is 6.07 Å². The summed E-state index contributed by atoms with van der Waals surface area (Å²) >= 11 is 0. The first-order chi connectivity index (χ1) is 8.92. The van der Waals surface area contributed by atoms with Gasteiger partial charge in [0.2, 0.25) is 5.91 Å². The van der Waals surface area contributed by atoms with Crippen molar-refractivity contribution in [1.82, 2.24) is 5.32 Å². The summed E-state index contributed by atoms with van der Waals surface area (Å²) in [5.74, 6) is -1.06. The molecule has 0 spiro atoms. The molecule has 102 valence electrons. The third-order valence-electron chi connectivity index (χ3n) is 3.64. The molecule has 5 heteroatoms. The van der Waals surface area contributed by atoms with Gasteiger partial charge in [0.15, 0.2) is 0 Å². The van der Waals surface area contributed by atoms with Crippen LogP contribution >= 0.6 is 0 Å². The number of rotatable bonds is 3. The van der Waals surface area contributed by atoms with Gasteiger partial charge in [0, 0.05) is 12.2 Å². The molecule has 1 aliphatic heterocycles. The Bertz CT molecular complexity index is 519. The van der Waals surface area contributed by atoms with E-state index in [1.54, 1.807) is 19.1 Å². The van der Waals surface area contributed by atoms with Crippen molar-refractivity contribution < 1.29 is 14.7 Å². The van der Waals surface area contributed by atoms with Crippen molar-refractivity contribution in [2.75, 3.05) is 18.4 Å². The average molecular weight is 262 g/mol. The van der Waals surface area contributed by atoms with E-state index in [-0.39, 0.29) is 11.5 Å². The minimum absolute atomic E-state index is 0.0716. The third kappa shape index (κ3) is 2.76. The maximum atomic E-state index is 12.2. The molecule has 1 aliphatic rings. The molecule has 3 N–H and O–H groups in total. The molecule has 0 radical (unpaired) electrons. The molecule has 1 amide bonds. The third-order valence-corrected chi connectivity index (χ3v) is 3.64. The normalized spacial score (nSPS) is 22.2. The fourth-order valence-electron chi connectivity index (χ4n) is 2.22. The predicted molar refractivity (Wildman–Crippen MR) is 72.4 cm³/mol. The highest BCUT2D eigenvalue weighted by Gasteiger charge is 2.36. The van der Waals surface area contributed by atoms with E-state index in [9.17, 15) is 9.59 Å². The van der Waals surface area contributed by atoms with E-state index < -0.39 is 11.4 Å². The van der Waals surface area contributed by atoms with Gasteiger partial charge in [-0.05, 0) is 44.5 Å². The lowest BCUT2D eigenvalue weighted by Gasteiger charge is -2.21. The largest absolute Gasteiger partial charge is 0.478 e. The molecule has 0 saturated carbocycles. The van der Waals surface area contributed by atoms with Gasteiger partial charge in [0.25, 0.3) is 0 Å². The first-order valence-corrected chi connectivity index (χ1v) is 6.28. The number of carbonyl (C=O) groups excluding carboxylic acids is 1. The maximum absolute atomic E-state index is 12.2. The van der Waals surface area contributed by atoms with Crippen LogP contribution in [0.4, 0.5) is 5.69 Å². The fraction of sp³-hybridized carbons (Fsp3) is 0.429. The van der Waals surface area contributed by atoms with Crippen LogP contribution in [0.2, 0.25) is 0 Å². The summed E-state index contributed by atoms with van der Waals surface area (Å²) in [6, 6.07) is 4.93. The number of aryl methyl sites for hydroxylation is 1. The van der Waals surface area contributed by atoms with Crippen molar-refractivity contribution in [2.24, 2.45) is 5.41 Å². The Morgan fingerprint density at radius 2 is 2.16 bits per heavy atom. The Hall–Kier alpha value is -1.88. The molecular formula is C14H18N2O3. The number of carboxylic acids is 1. The lowest BCUT2D eigenvalue weighted by molar-refractivity contribution is -0.123. The van der Waals surface area contributed by atoms with Gasteiger partial charge in [0.1, 0.15) is 0 Å². The van der Waals surface area contributed by atoms with Crippen LogP contribution in [0, 0.1) is 12.3 Å². The van der Waals surface area contributed by atoms with Gasteiger partial charge in [-0.3, -0.25) is 4.79 Å². The molecule has 1 saturated heterocycles. The van der Waals surface area contributed by atoms with Crippen LogP contribution in [0.15, 0.2) is 18.2 Å². The van der Waals surface area contributed by atoms with Crippen LogP contribution in [0.25, 0.3) is 0 Å². The van der Waals surface area contributed by atoms with Crippen LogP contribution in [-0.4, -0.2) is 30.1 Å². The predicted octanol–water partition coefficient (Wildman–Crippen LogP) is 1.63. The highest BCUT2D eigenvalue weighted by molar-refractivity contribution is 5.97. The molecule has 1 fully saturated rings. The number of hydrogen-bond acceptors (Lipinski definition) is 3. The lowest BCUT2D eigenvalue weighted by Crippen LogP contribution is -2.35. The number of anilines is 1. The molecular weight excluding hydrogens is 244 g/mol. The molecule has 0 aromatic heterocycles. The van der Waals surface area contributed by atoms with Gasteiger partial charge in [0.05, 0.1) is 11.0 Å². The Morgan fingerprint density at radius 3 is 2.74 bits per heavy atom. The van der Waals surface area contributed by atoms with E-state index in [0.717, 1.165) is 13.0 Å². The van der Waals surface area contributed by atoms with Crippen LogP contribution in [0.1, 0.15) is 29.3 Å². The monoisotopic (exact) mass is 262 g/mol. The fourth-order valence-corrected chi connectivity index (χ4v) is 2.22. The number of amides is 1. The van der Waals surface area contributed by atoms with Crippen LogP contribution < -0.4 is 10.6 Å². The number of carbonyl (C=O) groups is 2. The number of carboxylic acid groups (broad SMARTS) is 1. The smallest absolute Gasteiger partial charge is 0.336 e. The Balaban J connectivity index is 2.17. The molecule has 1 heterocycles. The summed E-state index contributed by atoms with van der Waals surface area (Å²) in [7, 11) is 0. The van der Waals surface area contributed by atoms with Gasteiger partial charge in [-0.25, -0.2) is 4.79 Å². The van der Waals surface area contributed by atoms with E-state index in [0.29, 0.717) is 17.8 Å². The zero-order chi connectivity index (χ0) is 14.0. The SMILES string of the molecule is Cc1ccc(NC(=O)C2(C)CCNC2)cc1C(=O)O. The van der Waals surface area contributed by atoms with Crippen molar-refractivity contribution >= 4 is 17.6 Å². The molecule has 19 heavy (non-hydrogen) atoms. The summed E-state index contributed by atoms with van der Waals surface area (Å²) in [6.45, 7) is 5.13. The molecule has 5 nitrogen and oxygen atoms in total. The molecule has 0 bridgehead atoms. The topological polar surface area (TPSA) is 78.4 Å². The van der Waals surface area contributed by atoms with Crippen LogP contribution in [0.3, 0.4) is 0 Å². The van der Waals surface area contributed by atoms with Gasteiger partial charge < -0.3 is 15.7 Å². The number of benzene rings is 1. The van der Waals surface area contributed by atoms with Crippen LogP contribution in [0.5, 0.6) is 0 Å². The minimum atomic E-state index is -0.984. The van der Waals surface area contributed by atoms with E-state index in [2.05, 4.69) is 10.6 Å². The van der Waals surface area contributed by atoms with Gasteiger partial charge in [-0.1, -0.05) is 6.07 Å². The second-order valence-corrected chi connectivity index (χ2v) is 5.28. The van der Waals surface area contributed by atoms with Crippen LogP contribution in [-0.2, 0) is 4.79 Å². The standard InChI is InChI=1S/C14H18N2O3/c1-9-3-4-10(7-11(9)12(17)18)16-13(19)14(2)5-6-15-8-14/h3-4,7,15H,5-6,8H2,1-2H3,(H,16,19)(H,17,18). The minimum Gasteiger partial charge on any atom is -0.478 e. The van der Waals surface area contributed by atoms with E-state index in [1.807, 2.05) is 6.92 Å². The zero-order valence-corrected chi connectivity index (χ0v) is 11.1. The number of hydrogen-bond donors (Lipinski definition) is 3. The van der Waals surface area contributed by atoms with Gasteiger partial charge in [-0.2, -0.15) is 0 Å².